The molecule has 2 fully saturated rings. The number of hydrogen-bond donors (Lipinski definition) is 0. The standard InChI is InChI=1S/C7H12O/c1-7-2-3-8-5-6(7)4-7/h6H,2-5H2,1H3/t6?,7-/m0/s1. The molecule has 0 aromatic heterocycles. The third-order valence-electron chi connectivity index (χ3n) is 2.67. The third-order valence-corrected chi connectivity index (χ3v) is 2.67. The van der Waals surface area contributed by atoms with Crippen molar-refractivity contribution < 1.29 is 4.74 Å². The van der Waals surface area contributed by atoms with Gasteiger partial charge in [-0.05, 0) is 24.2 Å². The van der Waals surface area contributed by atoms with E-state index in [0.29, 0.717) is 0 Å². The Balaban J connectivity index is 2.04. The second kappa shape index (κ2) is 1.27. The van der Waals surface area contributed by atoms with E-state index in [2.05, 4.69) is 6.92 Å². The van der Waals surface area contributed by atoms with E-state index in [0.717, 1.165) is 24.5 Å². The molecule has 46 valence electrons. The summed E-state index contributed by atoms with van der Waals surface area (Å²) < 4.78 is 5.29. The van der Waals surface area contributed by atoms with E-state index in [1.165, 1.54) is 12.8 Å². The Morgan fingerprint density at radius 3 is 3.00 bits per heavy atom. The molecule has 0 aromatic rings. The van der Waals surface area contributed by atoms with Gasteiger partial charge in [0.1, 0.15) is 0 Å². The lowest BCUT2D eigenvalue weighted by Gasteiger charge is -2.16. The molecule has 1 heteroatoms. The molecule has 1 unspecified atom stereocenters. The molecule has 0 amide bonds. The van der Waals surface area contributed by atoms with E-state index < -0.39 is 0 Å². The van der Waals surface area contributed by atoms with Crippen LogP contribution in [0.5, 0.6) is 0 Å². The van der Waals surface area contributed by atoms with E-state index >= 15 is 0 Å². The highest BCUT2D eigenvalue weighted by Crippen LogP contribution is 2.56. The number of rotatable bonds is 0. The molecular weight excluding hydrogens is 100 g/mol. The van der Waals surface area contributed by atoms with Crippen molar-refractivity contribution in [1.82, 2.24) is 0 Å². The Morgan fingerprint density at radius 2 is 2.50 bits per heavy atom. The van der Waals surface area contributed by atoms with Gasteiger partial charge in [0, 0.05) is 13.2 Å². The number of hydrogen-bond acceptors (Lipinski definition) is 1. The van der Waals surface area contributed by atoms with Crippen molar-refractivity contribution in [2.24, 2.45) is 11.3 Å². The zero-order chi connectivity index (χ0) is 5.61. The van der Waals surface area contributed by atoms with Crippen LogP contribution in [0.3, 0.4) is 0 Å². The molecule has 1 saturated heterocycles. The van der Waals surface area contributed by atoms with Crippen molar-refractivity contribution in [2.75, 3.05) is 13.2 Å². The minimum Gasteiger partial charge on any atom is -0.381 e. The Bertz CT molecular complexity index is 109. The van der Waals surface area contributed by atoms with Crippen molar-refractivity contribution in [2.45, 2.75) is 19.8 Å². The molecule has 0 aromatic carbocycles. The van der Waals surface area contributed by atoms with Gasteiger partial charge in [0.25, 0.3) is 0 Å². The predicted octanol–water partition coefficient (Wildman–Crippen LogP) is 1.43. The smallest absolute Gasteiger partial charge is 0.0499 e. The summed E-state index contributed by atoms with van der Waals surface area (Å²) >= 11 is 0. The Morgan fingerprint density at radius 1 is 1.62 bits per heavy atom. The summed E-state index contributed by atoms with van der Waals surface area (Å²) in [5.74, 6) is 0.927. The van der Waals surface area contributed by atoms with Crippen LogP contribution in [0.15, 0.2) is 0 Å². The molecule has 2 atom stereocenters. The topological polar surface area (TPSA) is 9.23 Å². The number of fused-ring (bicyclic) bond motifs is 1. The average molecular weight is 112 g/mol. The summed E-state index contributed by atoms with van der Waals surface area (Å²) in [6.45, 7) is 4.42. The molecule has 1 aliphatic heterocycles. The van der Waals surface area contributed by atoms with Crippen LogP contribution >= 0.6 is 0 Å². The van der Waals surface area contributed by atoms with Gasteiger partial charge in [0.15, 0.2) is 0 Å². The Labute approximate surface area is 50.0 Å². The normalized spacial score (nSPS) is 52.9. The summed E-state index contributed by atoms with van der Waals surface area (Å²) in [5.41, 5.74) is 0.720. The van der Waals surface area contributed by atoms with Gasteiger partial charge in [-0.3, -0.25) is 0 Å². The first-order valence-electron chi connectivity index (χ1n) is 3.39. The maximum Gasteiger partial charge on any atom is 0.0499 e. The molecular formula is C7H12O. The molecule has 0 spiro atoms. The summed E-state index contributed by atoms with van der Waals surface area (Å²) in [6.07, 6.45) is 2.73. The minimum absolute atomic E-state index is 0.720. The van der Waals surface area contributed by atoms with Crippen LogP contribution in [-0.4, -0.2) is 13.2 Å². The van der Waals surface area contributed by atoms with E-state index in [4.69, 9.17) is 4.74 Å². The van der Waals surface area contributed by atoms with Crippen LogP contribution in [0.1, 0.15) is 19.8 Å². The van der Waals surface area contributed by atoms with Gasteiger partial charge in [0.2, 0.25) is 0 Å². The van der Waals surface area contributed by atoms with Gasteiger partial charge in [-0.15, -0.1) is 0 Å². The van der Waals surface area contributed by atoms with Crippen molar-refractivity contribution >= 4 is 0 Å². The van der Waals surface area contributed by atoms with Gasteiger partial charge in [-0.1, -0.05) is 6.92 Å². The van der Waals surface area contributed by atoms with E-state index in [1.54, 1.807) is 0 Å². The largest absolute Gasteiger partial charge is 0.381 e. The molecule has 0 radical (unpaired) electrons. The highest BCUT2D eigenvalue weighted by molar-refractivity contribution is 5.00. The quantitative estimate of drug-likeness (QED) is 0.460. The second-order valence-corrected chi connectivity index (χ2v) is 3.38. The highest BCUT2D eigenvalue weighted by Gasteiger charge is 2.51. The maximum absolute atomic E-state index is 5.29. The minimum atomic E-state index is 0.720. The van der Waals surface area contributed by atoms with Crippen molar-refractivity contribution in [3.05, 3.63) is 0 Å². The third kappa shape index (κ3) is 0.510. The van der Waals surface area contributed by atoms with E-state index in [1.807, 2.05) is 0 Å². The first-order valence-corrected chi connectivity index (χ1v) is 3.39. The number of ether oxygens (including phenoxy) is 1. The van der Waals surface area contributed by atoms with E-state index in [-0.39, 0.29) is 0 Å². The van der Waals surface area contributed by atoms with Gasteiger partial charge in [0.05, 0.1) is 0 Å². The first-order chi connectivity index (χ1) is 3.81. The van der Waals surface area contributed by atoms with Crippen molar-refractivity contribution in [1.29, 1.82) is 0 Å². The van der Waals surface area contributed by atoms with Crippen LogP contribution < -0.4 is 0 Å². The fraction of sp³-hybridized carbons (Fsp3) is 1.00. The summed E-state index contributed by atoms with van der Waals surface area (Å²) in [5, 5.41) is 0. The maximum atomic E-state index is 5.29. The van der Waals surface area contributed by atoms with Crippen LogP contribution in [0.4, 0.5) is 0 Å². The van der Waals surface area contributed by atoms with Crippen LogP contribution in [0, 0.1) is 11.3 Å². The molecule has 2 rings (SSSR count). The highest BCUT2D eigenvalue weighted by atomic mass is 16.5. The van der Waals surface area contributed by atoms with Gasteiger partial charge in [-0.25, -0.2) is 0 Å². The molecule has 1 heterocycles. The predicted molar refractivity (Wildman–Crippen MR) is 31.6 cm³/mol. The summed E-state index contributed by atoms with van der Waals surface area (Å²) in [7, 11) is 0. The van der Waals surface area contributed by atoms with Crippen molar-refractivity contribution in [3.8, 4) is 0 Å². The molecule has 0 N–H and O–H groups in total. The summed E-state index contributed by atoms with van der Waals surface area (Å²) in [4.78, 5) is 0. The molecule has 1 aliphatic carbocycles. The Kier molecular flexibility index (Phi) is 0.762. The first kappa shape index (κ1) is 4.80. The van der Waals surface area contributed by atoms with Crippen molar-refractivity contribution in [3.63, 3.8) is 0 Å². The van der Waals surface area contributed by atoms with Gasteiger partial charge >= 0.3 is 0 Å². The lowest BCUT2D eigenvalue weighted by atomic mass is 10.0. The average Bonchev–Trinajstić information content (AvgIpc) is 2.39. The lowest BCUT2D eigenvalue weighted by molar-refractivity contribution is 0.0667. The zero-order valence-electron chi connectivity index (χ0n) is 5.31. The molecule has 2 aliphatic rings. The van der Waals surface area contributed by atoms with E-state index in [9.17, 15) is 0 Å². The monoisotopic (exact) mass is 112 g/mol. The van der Waals surface area contributed by atoms with Crippen LogP contribution in [-0.2, 0) is 4.74 Å². The van der Waals surface area contributed by atoms with Crippen LogP contribution in [0.2, 0.25) is 0 Å². The zero-order valence-corrected chi connectivity index (χ0v) is 5.31. The van der Waals surface area contributed by atoms with Crippen LogP contribution in [0.25, 0.3) is 0 Å². The Hall–Kier alpha value is -0.0400. The second-order valence-electron chi connectivity index (χ2n) is 3.38. The molecule has 1 nitrogen and oxygen atoms in total. The fourth-order valence-electron chi connectivity index (χ4n) is 1.60. The lowest BCUT2D eigenvalue weighted by Crippen LogP contribution is -2.14. The SMILES string of the molecule is C[C@@]12CCOCC1C2. The summed E-state index contributed by atoms with van der Waals surface area (Å²) in [6, 6.07) is 0. The molecule has 8 heavy (non-hydrogen) atoms. The van der Waals surface area contributed by atoms with Gasteiger partial charge < -0.3 is 4.74 Å². The fourth-order valence-corrected chi connectivity index (χ4v) is 1.60. The molecule has 0 bridgehead atoms. The van der Waals surface area contributed by atoms with Gasteiger partial charge in [-0.2, -0.15) is 0 Å². The molecule has 1 saturated carbocycles.